The summed E-state index contributed by atoms with van der Waals surface area (Å²) in [5.41, 5.74) is 11.7. The molecule has 0 bridgehead atoms. The van der Waals surface area contributed by atoms with E-state index in [1.165, 1.54) is 11.1 Å². The second-order valence-electron chi connectivity index (χ2n) is 18.2. The van der Waals surface area contributed by atoms with Crippen molar-refractivity contribution < 1.29 is 0 Å². The molecule has 0 saturated carbocycles. The number of anilines is 2. The van der Waals surface area contributed by atoms with Gasteiger partial charge in [0, 0.05) is 33.6 Å². The number of nitrogens with zero attached hydrogens (tertiary/aromatic N) is 5. The first kappa shape index (κ1) is 38.9. The van der Waals surface area contributed by atoms with Gasteiger partial charge < -0.3 is 9.80 Å². The normalized spacial score (nSPS) is 17.3. The summed E-state index contributed by atoms with van der Waals surface area (Å²) in [7, 11) is 0. The van der Waals surface area contributed by atoms with E-state index < -0.39 is 0 Å². The SMILES string of the molecule is CC1(C)N=C(c2ccccc2)N(c2cccc(-c3cc(-c4ccc(-c5ccccc5)cc4)cc(-c4cccc(N5C(c6ccccc6)=NC(C)(C)C5(C)C)c4)n3)c2)C1(C)C. The zero-order valence-electron chi connectivity index (χ0n) is 36.0. The summed E-state index contributed by atoms with van der Waals surface area (Å²) in [6.45, 7) is 18.1. The molecule has 5 nitrogen and oxygen atoms in total. The molecule has 0 spiro atoms. The number of aliphatic imine (C=N–C) groups is 2. The van der Waals surface area contributed by atoms with Crippen molar-refractivity contribution >= 4 is 23.0 Å². The van der Waals surface area contributed by atoms with Crippen LogP contribution in [0.1, 0.15) is 66.5 Å². The van der Waals surface area contributed by atoms with Crippen LogP contribution in [0, 0.1) is 0 Å². The van der Waals surface area contributed by atoms with Gasteiger partial charge in [0.25, 0.3) is 0 Å². The highest BCUT2D eigenvalue weighted by Crippen LogP contribution is 2.45. The fourth-order valence-electron chi connectivity index (χ4n) is 8.52. The highest BCUT2D eigenvalue weighted by molar-refractivity contribution is 6.14. The first-order chi connectivity index (χ1) is 28.7. The summed E-state index contributed by atoms with van der Waals surface area (Å²) in [5, 5.41) is 0. The summed E-state index contributed by atoms with van der Waals surface area (Å²) in [6.07, 6.45) is 0. The van der Waals surface area contributed by atoms with E-state index in [9.17, 15) is 0 Å². The first-order valence-electron chi connectivity index (χ1n) is 21.0. The molecule has 0 amide bonds. The molecule has 0 fully saturated rings. The molecule has 298 valence electrons. The lowest BCUT2D eigenvalue weighted by Crippen LogP contribution is -2.53. The monoisotopic (exact) mass is 783 g/mol. The molecule has 0 unspecified atom stereocenters. The van der Waals surface area contributed by atoms with Crippen LogP contribution in [-0.2, 0) is 0 Å². The van der Waals surface area contributed by atoms with Gasteiger partial charge in [-0.15, -0.1) is 0 Å². The highest BCUT2D eigenvalue weighted by Gasteiger charge is 2.51. The minimum Gasteiger partial charge on any atom is -0.318 e. The molecule has 6 aromatic carbocycles. The number of amidine groups is 2. The van der Waals surface area contributed by atoms with E-state index in [0.29, 0.717) is 0 Å². The molecule has 5 heteroatoms. The average molecular weight is 784 g/mol. The van der Waals surface area contributed by atoms with Crippen LogP contribution >= 0.6 is 0 Å². The Hall–Kier alpha value is -6.59. The summed E-state index contributed by atoms with van der Waals surface area (Å²) >= 11 is 0. The molecule has 2 aliphatic heterocycles. The second-order valence-corrected chi connectivity index (χ2v) is 18.2. The number of benzene rings is 6. The topological polar surface area (TPSA) is 44.1 Å². The van der Waals surface area contributed by atoms with Gasteiger partial charge in [0.05, 0.1) is 33.5 Å². The van der Waals surface area contributed by atoms with Crippen molar-refractivity contribution in [2.75, 3.05) is 9.80 Å². The minimum absolute atomic E-state index is 0.294. The summed E-state index contributed by atoms with van der Waals surface area (Å²) in [6, 6.07) is 62.6. The Balaban J connectivity index is 1.18. The molecule has 0 aliphatic carbocycles. The summed E-state index contributed by atoms with van der Waals surface area (Å²) < 4.78 is 0. The third kappa shape index (κ3) is 6.72. The Kier molecular flexibility index (Phi) is 9.47. The molecule has 60 heavy (non-hydrogen) atoms. The van der Waals surface area contributed by atoms with Gasteiger partial charge in [-0.25, -0.2) is 4.98 Å². The third-order valence-electron chi connectivity index (χ3n) is 13.3. The van der Waals surface area contributed by atoms with Gasteiger partial charge in [-0.2, -0.15) is 0 Å². The smallest absolute Gasteiger partial charge is 0.136 e. The van der Waals surface area contributed by atoms with E-state index in [2.05, 4.69) is 241 Å². The molecular weight excluding hydrogens is 731 g/mol. The molecule has 1 aromatic heterocycles. The van der Waals surface area contributed by atoms with E-state index >= 15 is 0 Å². The van der Waals surface area contributed by atoms with Crippen molar-refractivity contribution in [2.24, 2.45) is 9.98 Å². The Labute approximate surface area is 355 Å². The Morgan fingerprint density at radius 2 is 0.650 bits per heavy atom. The number of rotatable bonds is 8. The van der Waals surface area contributed by atoms with Crippen LogP contribution in [-0.4, -0.2) is 38.8 Å². The summed E-state index contributed by atoms with van der Waals surface area (Å²) in [4.78, 5) is 21.0. The maximum absolute atomic E-state index is 5.49. The van der Waals surface area contributed by atoms with Crippen molar-refractivity contribution in [3.8, 4) is 44.8 Å². The highest BCUT2D eigenvalue weighted by atomic mass is 15.3. The number of hydrogen-bond acceptors (Lipinski definition) is 5. The standard InChI is InChI=1S/C55H53N5/c1-52(2)54(5,6)59(50(57-52)41-22-14-10-15-23-41)46-28-18-26-43(34-46)48-36-45(40-32-30-39(31-33-40)38-20-12-9-13-21-38)37-49(56-48)44-27-19-29-47(35-44)60-51(42-24-16-11-17-25-42)58-53(3,4)55(60,7)8/h9-37H,1-8H3. The fourth-order valence-corrected chi connectivity index (χ4v) is 8.52. The lowest BCUT2D eigenvalue weighted by Gasteiger charge is -2.41. The van der Waals surface area contributed by atoms with Crippen LogP contribution in [0.4, 0.5) is 11.4 Å². The third-order valence-corrected chi connectivity index (χ3v) is 13.3. The predicted octanol–water partition coefficient (Wildman–Crippen LogP) is 13.4. The number of hydrogen-bond donors (Lipinski definition) is 0. The molecule has 9 rings (SSSR count). The van der Waals surface area contributed by atoms with Crippen molar-refractivity contribution in [3.63, 3.8) is 0 Å². The van der Waals surface area contributed by atoms with Gasteiger partial charge >= 0.3 is 0 Å². The fraction of sp³-hybridized carbons (Fsp3) is 0.218. The van der Waals surface area contributed by atoms with Crippen LogP contribution < -0.4 is 9.80 Å². The number of pyridine rings is 1. The van der Waals surface area contributed by atoms with E-state index in [1.807, 2.05) is 0 Å². The predicted molar refractivity (Wildman–Crippen MR) is 253 cm³/mol. The average Bonchev–Trinajstić information content (AvgIpc) is 3.59. The van der Waals surface area contributed by atoms with Crippen LogP contribution in [0.5, 0.6) is 0 Å². The molecule has 7 aromatic rings. The van der Waals surface area contributed by atoms with Gasteiger partial charge in [-0.05, 0) is 114 Å². The van der Waals surface area contributed by atoms with Gasteiger partial charge in [-0.3, -0.25) is 9.98 Å². The Bertz CT molecular complexity index is 2600. The van der Waals surface area contributed by atoms with Crippen LogP contribution in [0.15, 0.2) is 186 Å². The second kappa shape index (κ2) is 14.6. The van der Waals surface area contributed by atoms with Crippen molar-refractivity contribution in [1.29, 1.82) is 0 Å². The quantitative estimate of drug-likeness (QED) is 0.154. The lowest BCUT2D eigenvalue weighted by atomic mass is 9.82. The van der Waals surface area contributed by atoms with E-state index in [-0.39, 0.29) is 22.2 Å². The van der Waals surface area contributed by atoms with Crippen molar-refractivity contribution in [1.82, 2.24) is 4.98 Å². The molecule has 3 heterocycles. The maximum Gasteiger partial charge on any atom is 0.136 e. The molecule has 0 radical (unpaired) electrons. The Morgan fingerprint density at radius 3 is 1.05 bits per heavy atom. The zero-order valence-corrected chi connectivity index (χ0v) is 36.0. The largest absolute Gasteiger partial charge is 0.318 e. The van der Waals surface area contributed by atoms with Crippen LogP contribution in [0.3, 0.4) is 0 Å². The van der Waals surface area contributed by atoms with Crippen LogP contribution in [0.2, 0.25) is 0 Å². The van der Waals surface area contributed by atoms with Crippen molar-refractivity contribution in [2.45, 2.75) is 77.5 Å². The van der Waals surface area contributed by atoms with E-state index in [4.69, 9.17) is 15.0 Å². The maximum atomic E-state index is 5.49. The van der Waals surface area contributed by atoms with E-state index in [1.54, 1.807) is 0 Å². The van der Waals surface area contributed by atoms with Gasteiger partial charge in [0.1, 0.15) is 11.7 Å². The van der Waals surface area contributed by atoms with Crippen molar-refractivity contribution in [3.05, 3.63) is 187 Å². The Morgan fingerprint density at radius 1 is 0.317 bits per heavy atom. The minimum atomic E-state index is -0.319. The van der Waals surface area contributed by atoms with Gasteiger partial charge in [-0.1, -0.05) is 140 Å². The molecule has 0 N–H and O–H groups in total. The van der Waals surface area contributed by atoms with Gasteiger partial charge in [0.15, 0.2) is 0 Å². The molecule has 2 aliphatic rings. The zero-order chi connectivity index (χ0) is 41.9. The molecular formula is C55H53N5. The summed E-state index contributed by atoms with van der Waals surface area (Å²) in [5.74, 6) is 1.96. The number of aromatic nitrogens is 1. The first-order valence-corrected chi connectivity index (χ1v) is 21.0. The van der Waals surface area contributed by atoms with Gasteiger partial charge in [0.2, 0.25) is 0 Å². The van der Waals surface area contributed by atoms with Crippen LogP contribution in [0.25, 0.3) is 44.8 Å². The molecule has 0 saturated heterocycles. The molecule has 0 atom stereocenters. The lowest BCUT2D eigenvalue weighted by molar-refractivity contribution is 0.338. The van der Waals surface area contributed by atoms with E-state index in [0.717, 1.165) is 67.8 Å².